The Bertz CT molecular complexity index is 238. The van der Waals surface area contributed by atoms with Gasteiger partial charge >= 0.3 is 0 Å². The van der Waals surface area contributed by atoms with Gasteiger partial charge in [-0.3, -0.25) is 4.79 Å². The third-order valence-electron chi connectivity index (χ3n) is 3.47. The molecule has 3 heteroatoms. The van der Waals surface area contributed by atoms with E-state index < -0.39 is 0 Å². The fraction of sp³-hybridized carbons (Fsp3) is 0.923. The van der Waals surface area contributed by atoms with Gasteiger partial charge in [-0.05, 0) is 31.1 Å². The van der Waals surface area contributed by atoms with E-state index in [2.05, 4.69) is 31.4 Å². The molecule has 0 bridgehead atoms. The van der Waals surface area contributed by atoms with Crippen molar-refractivity contribution in [2.75, 3.05) is 13.1 Å². The Morgan fingerprint density at radius 1 is 1.38 bits per heavy atom. The number of nitrogens with one attached hydrogen (secondary N) is 2. The number of rotatable bonds is 5. The fourth-order valence-electron chi connectivity index (χ4n) is 2.82. The number of carbonyl (C=O) groups excluding carboxylic acids is 1. The van der Waals surface area contributed by atoms with Crippen molar-refractivity contribution in [1.29, 1.82) is 0 Å². The van der Waals surface area contributed by atoms with E-state index in [0.717, 1.165) is 19.0 Å². The summed E-state index contributed by atoms with van der Waals surface area (Å²) in [5.74, 6) is 0.879. The van der Waals surface area contributed by atoms with Crippen LogP contribution in [0, 0.1) is 11.3 Å². The van der Waals surface area contributed by atoms with Crippen molar-refractivity contribution >= 4 is 5.91 Å². The first-order valence-electron chi connectivity index (χ1n) is 6.44. The molecule has 1 saturated carbocycles. The van der Waals surface area contributed by atoms with Crippen LogP contribution in [0.2, 0.25) is 0 Å². The molecule has 1 rings (SSSR count). The Morgan fingerprint density at radius 3 is 2.56 bits per heavy atom. The molecule has 2 atom stereocenters. The second-order valence-electron chi connectivity index (χ2n) is 5.81. The van der Waals surface area contributed by atoms with Gasteiger partial charge in [-0.15, -0.1) is 0 Å². The van der Waals surface area contributed by atoms with Crippen LogP contribution in [0.5, 0.6) is 0 Å². The summed E-state index contributed by atoms with van der Waals surface area (Å²) < 4.78 is 0. The first-order chi connectivity index (χ1) is 7.44. The number of hydrogen-bond acceptors (Lipinski definition) is 2. The lowest BCUT2D eigenvalue weighted by Gasteiger charge is -2.18. The van der Waals surface area contributed by atoms with E-state index in [0.29, 0.717) is 17.9 Å². The van der Waals surface area contributed by atoms with E-state index in [1.54, 1.807) is 0 Å². The minimum absolute atomic E-state index is 0.153. The third-order valence-corrected chi connectivity index (χ3v) is 3.47. The predicted octanol–water partition coefficient (Wildman–Crippen LogP) is 1.93. The average molecular weight is 226 g/mol. The lowest BCUT2D eigenvalue weighted by molar-refractivity contribution is -0.120. The second-order valence-corrected chi connectivity index (χ2v) is 5.81. The highest BCUT2D eigenvalue weighted by Gasteiger charge is 2.36. The van der Waals surface area contributed by atoms with Crippen LogP contribution in [0.15, 0.2) is 0 Å². The standard InChI is InChI=1S/C13H26N2O/c1-5-14-12(16)6-7-15-11-9-13(3,4)8-10(11)2/h10-11,15H,5-9H2,1-4H3,(H,14,16). The Kier molecular flexibility index (Phi) is 4.78. The van der Waals surface area contributed by atoms with Gasteiger partial charge in [0.25, 0.3) is 0 Å². The predicted molar refractivity (Wildman–Crippen MR) is 67.3 cm³/mol. The highest BCUT2D eigenvalue weighted by Crippen LogP contribution is 2.40. The Hall–Kier alpha value is -0.570. The fourth-order valence-corrected chi connectivity index (χ4v) is 2.82. The number of carbonyl (C=O) groups is 1. The van der Waals surface area contributed by atoms with E-state index >= 15 is 0 Å². The summed E-state index contributed by atoms with van der Waals surface area (Å²) in [6.07, 6.45) is 3.10. The van der Waals surface area contributed by atoms with Gasteiger partial charge in [0.05, 0.1) is 0 Å². The van der Waals surface area contributed by atoms with Crippen LogP contribution in [0.1, 0.15) is 47.0 Å². The first-order valence-corrected chi connectivity index (χ1v) is 6.44. The topological polar surface area (TPSA) is 41.1 Å². The van der Waals surface area contributed by atoms with Crippen LogP contribution in [-0.2, 0) is 4.79 Å². The molecule has 0 aliphatic heterocycles. The lowest BCUT2D eigenvalue weighted by Crippen LogP contribution is -2.35. The first kappa shape index (κ1) is 13.5. The van der Waals surface area contributed by atoms with Crippen LogP contribution in [0.3, 0.4) is 0 Å². The van der Waals surface area contributed by atoms with Gasteiger partial charge in [-0.25, -0.2) is 0 Å². The number of hydrogen-bond donors (Lipinski definition) is 2. The summed E-state index contributed by atoms with van der Waals surface area (Å²) in [4.78, 5) is 11.3. The SMILES string of the molecule is CCNC(=O)CCNC1CC(C)(C)CC1C. The van der Waals surface area contributed by atoms with Crippen molar-refractivity contribution in [3.8, 4) is 0 Å². The van der Waals surface area contributed by atoms with Crippen LogP contribution >= 0.6 is 0 Å². The van der Waals surface area contributed by atoms with Crippen molar-refractivity contribution in [1.82, 2.24) is 10.6 Å². The zero-order chi connectivity index (χ0) is 12.2. The molecular formula is C13H26N2O. The summed E-state index contributed by atoms with van der Waals surface area (Å²) in [7, 11) is 0. The Labute approximate surface area is 99.4 Å². The maximum absolute atomic E-state index is 11.3. The molecule has 0 radical (unpaired) electrons. The van der Waals surface area contributed by atoms with E-state index in [-0.39, 0.29) is 5.91 Å². The summed E-state index contributed by atoms with van der Waals surface area (Å²) in [5, 5.41) is 6.33. The zero-order valence-corrected chi connectivity index (χ0v) is 11.1. The van der Waals surface area contributed by atoms with E-state index in [1.165, 1.54) is 12.8 Å². The molecule has 0 aromatic heterocycles. The Balaban J connectivity index is 2.21. The highest BCUT2D eigenvalue weighted by molar-refractivity contribution is 5.75. The third kappa shape index (κ3) is 4.12. The van der Waals surface area contributed by atoms with Crippen molar-refractivity contribution in [3.05, 3.63) is 0 Å². The smallest absolute Gasteiger partial charge is 0.221 e. The van der Waals surface area contributed by atoms with Crippen LogP contribution in [0.4, 0.5) is 0 Å². The van der Waals surface area contributed by atoms with Crippen LogP contribution in [-0.4, -0.2) is 25.0 Å². The molecule has 94 valence electrons. The molecular weight excluding hydrogens is 200 g/mol. The molecule has 0 saturated heterocycles. The monoisotopic (exact) mass is 226 g/mol. The Morgan fingerprint density at radius 2 is 2.06 bits per heavy atom. The summed E-state index contributed by atoms with van der Waals surface area (Å²) in [6, 6.07) is 0.587. The van der Waals surface area contributed by atoms with Gasteiger partial charge in [-0.2, -0.15) is 0 Å². The van der Waals surface area contributed by atoms with Crippen LogP contribution in [0.25, 0.3) is 0 Å². The van der Waals surface area contributed by atoms with Crippen molar-refractivity contribution in [2.45, 2.75) is 53.0 Å². The lowest BCUT2D eigenvalue weighted by atomic mass is 9.91. The van der Waals surface area contributed by atoms with Gasteiger partial charge in [0.15, 0.2) is 0 Å². The molecule has 2 unspecified atom stereocenters. The van der Waals surface area contributed by atoms with E-state index in [9.17, 15) is 4.79 Å². The molecule has 1 aliphatic rings. The average Bonchev–Trinajstić information content (AvgIpc) is 2.40. The van der Waals surface area contributed by atoms with E-state index in [4.69, 9.17) is 0 Å². The quantitative estimate of drug-likeness (QED) is 0.752. The second kappa shape index (κ2) is 5.67. The maximum Gasteiger partial charge on any atom is 0.221 e. The molecule has 2 N–H and O–H groups in total. The molecule has 3 nitrogen and oxygen atoms in total. The molecule has 1 aliphatic carbocycles. The molecule has 0 spiro atoms. The van der Waals surface area contributed by atoms with Gasteiger partial charge in [0, 0.05) is 25.6 Å². The normalized spacial score (nSPS) is 28.0. The number of amides is 1. The zero-order valence-electron chi connectivity index (χ0n) is 11.1. The molecule has 0 aromatic carbocycles. The summed E-state index contributed by atoms with van der Waals surface area (Å²) >= 11 is 0. The minimum Gasteiger partial charge on any atom is -0.356 e. The molecule has 1 fully saturated rings. The van der Waals surface area contributed by atoms with Gasteiger partial charge in [-0.1, -0.05) is 20.8 Å². The summed E-state index contributed by atoms with van der Waals surface area (Å²) in [5.41, 5.74) is 0.461. The van der Waals surface area contributed by atoms with E-state index in [1.807, 2.05) is 6.92 Å². The summed E-state index contributed by atoms with van der Waals surface area (Å²) in [6.45, 7) is 10.4. The largest absolute Gasteiger partial charge is 0.356 e. The minimum atomic E-state index is 0.153. The van der Waals surface area contributed by atoms with Crippen molar-refractivity contribution in [2.24, 2.45) is 11.3 Å². The van der Waals surface area contributed by atoms with Crippen LogP contribution < -0.4 is 10.6 Å². The van der Waals surface area contributed by atoms with Crippen molar-refractivity contribution < 1.29 is 4.79 Å². The highest BCUT2D eigenvalue weighted by atomic mass is 16.1. The van der Waals surface area contributed by atoms with Gasteiger partial charge in [0.1, 0.15) is 0 Å². The molecule has 16 heavy (non-hydrogen) atoms. The molecule has 1 amide bonds. The van der Waals surface area contributed by atoms with Gasteiger partial charge in [0.2, 0.25) is 5.91 Å². The molecule has 0 aromatic rings. The van der Waals surface area contributed by atoms with Gasteiger partial charge < -0.3 is 10.6 Å². The van der Waals surface area contributed by atoms with Crippen molar-refractivity contribution in [3.63, 3.8) is 0 Å². The molecule has 0 heterocycles. The maximum atomic E-state index is 11.3.